The Morgan fingerprint density at radius 1 is 1.62 bits per heavy atom. The minimum atomic E-state index is -3.89. The molecule has 1 aliphatic rings. The molecule has 0 bridgehead atoms. The second-order valence-corrected chi connectivity index (χ2v) is 9.03. The maximum Gasteiger partial charge on any atom is 0.305 e. The highest BCUT2D eigenvalue weighted by Crippen LogP contribution is 2.33. The first-order valence-corrected chi connectivity index (χ1v) is 9.05. The van der Waals surface area contributed by atoms with Crippen LogP contribution in [0.1, 0.15) is 12.0 Å². The molecule has 0 saturated carbocycles. The number of hydrogen-bond donors (Lipinski definition) is 2. The first kappa shape index (κ1) is 16.4. The summed E-state index contributed by atoms with van der Waals surface area (Å²) in [4.78, 5) is 22.7. The molecule has 21 heavy (non-hydrogen) atoms. The molecule has 0 radical (unpaired) electrons. The van der Waals surface area contributed by atoms with Gasteiger partial charge in [-0.15, -0.1) is 11.3 Å². The monoisotopic (exact) mass is 396 g/mol. The Hall–Kier alpha value is -0.970. The van der Waals surface area contributed by atoms with E-state index in [9.17, 15) is 18.0 Å². The van der Waals surface area contributed by atoms with E-state index in [2.05, 4.69) is 21.2 Å². The van der Waals surface area contributed by atoms with Gasteiger partial charge in [-0.25, -0.2) is 8.42 Å². The Morgan fingerprint density at radius 3 is 2.81 bits per heavy atom. The molecule has 0 spiro atoms. The zero-order valence-electron chi connectivity index (χ0n) is 11.0. The molecule has 2 N–H and O–H groups in total. The number of piperazine rings is 1. The van der Waals surface area contributed by atoms with E-state index in [-0.39, 0.29) is 17.3 Å². The van der Waals surface area contributed by atoms with E-state index in [1.165, 1.54) is 6.07 Å². The molecule has 1 amide bonds. The smallest absolute Gasteiger partial charge is 0.305 e. The number of halogens is 1. The number of sulfonamides is 1. The van der Waals surface area contributed by atoms with Crippen LogP contribution in [-0.4, -0.2) is 48.8 Å². The van der Waals surface area contributed by atoms with Gasteiger partial charge in [0.2, 0.25) is 5.91 Å². The first-order valence-electron chi connectivity index (χ1n) is 6.00. The summed E-state index contributed by atoms with van der Waals surface area (Å²) in [6.45, 7) is 1.98. The number of nitrogens with zero attached hydrogens (tertiary/aromatic N) is 1. The summed E-state index contributed by atoms with van der Waals surface area (Å²) in [5.41, 5.74) is 0.773. The fourth-order valence-corrected chi connectivity index (χ4v) is 5.96. The van der Waals surface area contributed by atoms with E-state index in [0.717, 1.165) is 21.2 Å². The SMILES string of the molecule is Cc1cc(S(=O)(=O)N2CCNC(=O)C2CC(=O)O)sc1Br. The standard InChI is InChI=1S/C11H13BrN2O5S2/c1-6-4-9(20-10(6)12)21(18,19)14-3-2-13-11(17)7(14)5-8(15)16/h4,7H,2-3,5H2,1H3,(H,13,17)(H,15,16). The Balaban J connectivity index is 2.40. The van der Waals surface area contributed by atoms with Crippen molar-refractivity contribution in [3.63, 3.8) is 0 Å². The number of aryl methyl sites for hydroxylation is 1. The van der Waals surface area contributed by atoms with Crippen molar-refractivity contribution in [1.82, 2.24) is 9.62 Å². The van der Waals surface area contributed by atoms with Gasteiger partial charge in [0.25, 0.3) is 10.0 Å². The van der Waals surface area contributed by atoms with Crippen LogP contribution in [-0.2, 0) is 19.6 Å². The van der Waals surface area contributed by atoms with Crippen molar-refractivity contribution >= 4 is 49.2 Å². The van der Waals surface area contributed by atoms with Crippen LogP contribution in [0.4, 0.5) is 0 Å². The van der Waals surface area contributed by atoms with E-state index in [0.29, 0.717) is 3.79 Å². The number of thiophene rings is 1. The van der Waals surface area contributed by atoms with Gasteiger partial charge < -0.3 is 10.4 Å². The van der Waals surface area contributed by atoms with Crippen LogP contribution in [0.3, 0.4) is 0 Å². The van der Waals surface area contributed by atoms with Crippen molar-refractivity contribution in [2.75, 3.05) is 13.1 Å². The highest BCUT2D eigenvalue weighted by atomic mass is 79.9. The van der Waals surface area contributed by atoms with E-state index in [4.69, 9.17) is 5.11 Å². The summed E-state index contributed by atoms with van der Waals surface area (Å²) < 4.78 is 27.0. The minimum Gasteiger partial charge on any atom is -0.481 e. The first-order chi connectivity index (χ1) is 9.73. The Kier molecular flexibility index (Phi) is 4.71. The average molecular weight is 397 g/mol. The van der Waals surface area contributed by atoms with Crippen LogP contribution in [0.25, 0.3) is 0 Å². The van der Waals surface area contributed by atoms with Gasteiger partial charge >= 0.3 is 5.97 Å². The summed E-state index contributed by atoms with van der Waals surface area (Å²) in [5.74, 6) is -1.81. The molecule has 2 heterocycles. The quantitative estimate of drug-likeness (QED) is 0.782. The number of carboxylic acid groups (broad SMARTS) is 1. The Morgan fingerprint density at radius 2 is 2.29 bits per heavy atom. The number of hydrogen-bond acceptors (Lipinski definition) is 5. The molecule has 0 aliphatic carbocycles. The maximum absolute atomic E-state index is 12.6. The van der Waals surface area contributed by atoms with Crippen molar-refractivity contribution in [1.29, 1.82) is 0 Å². The van der Waals surface area contributed by atoms with Crippen molar-refractivity contribution < 1.29 is 23.1 Å². The van der Waals surface area contributed by atoms with Gasteiger partial charge in [0.1, 0.15) is 10.3 Å². The molecule has 1 aromatic heterocycles. The zero-order chi connectivity index (χ0) is 15.8. The molecule has 1 aliphatic heterocycles. The topological polar surface area (TPSA) is 104 Å². The maximum atomic E-state index is 12.6. The molecule has 1 atom stereocenters. The third-order valence-electron chi connectivity index (χ3n) is 3.05. The lowest BCUT2D eigenvalue weighted by molar-refractivity contribution is -0.141. The van der Waals surface area contributed by atoms with Gasteiger partial charge in [0.05, 0.1) is 10.2 Å². The number of nitrogens with one attached hydrogen (secondary N) is 1. The fourth-order valence-electron chi connectivity index (χ4n) is 2.02. The predicted molar refractivity (Wildman–Crippen MR) is 79.7 cm³/mol. The molecule has 10 heteroatoms. The van der Waals surface area contributed by atoms with Crippen molar-refractivity contribution in [2.24, 2.45) is 0 Å². The fraction of sp³-hybridized carbons (Fsp3) is 0.455. The predicted octanol–water partition coefficient (Wildman–Crippen LogP) is 0.783. The number of aliphatic carboxylic acids is 1. The second-order valence-electron chi connectivity index (χ2n) is 4.54. The Bertz CT molecular complexity index is 665. The van der Waals surface area contributed by atoms with Gasteiger partial charge in [0, 0.05) is 13.1 Å². The Labute approximate surface area is 134 Å². The van der Waals surface area contributed by atoms with E-state index < -0.39 is 34.4 Å². The zero-order valence-corrected chi connectivity index (χ0v) is 14.2. The molecule has 2 rings (SSSR count). The molecule has 0 aromatic carbocycles. The number of carboxylic acids is 1. The van der Waals surface area contributed by atoms with Gasteiger partial charge in [-0.1, -0.05) is 0 Å². The summed E-state index contributed by atoms with van der Waals surface area (Å²) in [7, 11) is -3.89. The van der Waals surface area contributed by atoms with Crippen LogP contribution in [0.5, 0.6) is 0 Å². The van der Waals surface area contributed by atoms with Gasteiger partial charge in [-0.05, 0) is 34.5 Å². The normalized spacial score (nSPS) is 20.3. The van der Waals surface area contributed by atoms with Crippen LogP contribution in [0.2, 0.25) is 0 Å². The third kappa shape index (κ3) is 3.28. The van der Waals surface area contributed by atoms with Crippen LogP contribution < -0.4 is 5.32 Å². The van der Waals surface area contributed by atoms with E-state index in [1.54, 1.807) is 6.92 Å². The lowest BCUT2D eigenvalue weighted by Gasteiger charge is -2.32. The van der Waals surface area contributed by atoms with Crippen LogP contribution in [0.15, 0.2) is 14.1 Å². The molecule has 1 aromatic rings. The summed E-state index contributed by atoms with van der Waals surface area (Å²) >= 11 is 4.31. The largest absolute Gasteiger partial charge is 0.481 e. The van der Waals surface area contributed by atoms with Crippen molar-refractivity contribution in [2.45, 2.75) is 23.6 Å². The lowest BCUT2D eigenvalue weighted by atomic mass is 10.1. The highest BCUT2D eigenvalue weighted by Gasteiger charge is 2.40. The lowest BCUT2D eigenvalue weighted by Crippen LogP contribution is -2.57. The van der Waals surface area contributed by atoms with Crippen molar-refractivity contribution in [3.8, 4) is 0 Å². The summed E-state index contributed by atoms with van der Waals surface area (Å²) in [6.07, 6.45) is -0.559. The molecule has 1 fully saturated rings. The summed E-state index contributed by atoms with van der Waals surface area (Å²) in [5, 5.41) is 11.4. The molecular weight excluding hydrogens is 384 g/mol. The molecular formula is C11H13BrN2O5S2. The minimum absolute atomic E-state index is 0.0561. The van der Waals surface area contributed by atoms with Gasteiger partial charge in [-0.3, -0.25) is 9.59 Å². The third-order valence-corrected chi connectivity index (χ3v) is 7.54. The number of carbonyl (C=O) groups excluding carboxylic acids is 1. The second kappa shape index (κ2) is 6.03. The van der Waals surface area contributed by atoms with Gasteiger partial charge in [-0.2, -0.15) is 4.31 Å². The highest BCUT2D eigenvalue weighted by molar-refractivity contribution is 9.11. The van der Waals surface area contributed by atoms with E-state index >= 15 is 0 Å². The average Bonchev–Trinajstić information content (AvgIpc) is 2.72. The molecule has 1 unspecified atom stereocenters. The molecule has 1 saturated heterocycles. The van der Waals surface area contributed by atoms with E-state index in [1.807, 2.05) is 0 Å². The molecule has 116 valence electrons. The summed E-state index contributed by atoms with van der Waals surface area (Å²) in [6, 6.07) is 0.288. The number of carbonyl (C=O) groups is 2. The number of amides is 1. The molecule has 7 nitrogen and oxygen atoms in total. The van der Waals surface area contributed by atoms with Crippen LogP contribution in [0, 0.1) is 6.92 Å². The van der Waals surface area contributed by atoms with Gasteiger partial charge in [0.15, 0.2) is 0 Å². The van der Waals surface area contributed by atoms with Crippen LogP contribution >= 0.6 is 27.3 Å². The van der Waals surface area contributed by atoms with Crippen molar-refractivity contribution in [3.05, 3.63) is 15.4 Å². The number of rotatable bonds is 4.